The van der Waals surface area contributed by atoms with E-state index >= 15 is 0 Å². The molecule has 1 N–H and O–H groups in total. The van der Waals surface area contributed by atoms with Crippen LogP contribution >= 0.6 is 15.9 Å². The predicted octanol–water partition coefficient (Wildman–Crippen LogP) is 4.20. The summed E-state index contributed by atoms with van der Waals surface area (Å²) in [7, 11) is 0. The lowest BCUT2D eigenvalue weighted by atomic mass is 10.2. The number of para-hydroxylation sites is 1. The summed E-state index contributed by atoms with van der Waals surface area (Å²) < 4.78 is 6.51. The fourth-order valence-corrected chi connectivity index (χ4v) is 2.26. The molecule has 0 saturated carbocycles. The number of nitriles is 1. The molecular formula is C16H15BrN2O. The number of benzene rings is 2. The Labute approximate surface area is 127 Å². The van der Waals surface area contributed by atoms with E-state index < -0.39 is 0 Å². The fraction of sp³-hybridized carbons (Fsp3) is 0.188. The van der Waals surface area contributed by atoms with Crippen molar-refractivity contribution in [3.63, 3.8) is 0 Å². The smallest absolute Gasteiger partial charge is 0.119 e. The maximum atomic E-state index is 8.90. The highest BCUT2D eigenvalue weighted by Gasteiger charge is 1.99. The summed E-state index contributed by atoms with van der Waals surface area (Å²) in [5.41, 5.74) is 1.58. The molecule has 2 aromatic carbocycles. The van der Waals surface area contributed by atoms with Crippen molar-refractivity contribution in [2.45, 2.75) is 6.42 Å². The van der Waals surface area contributed by atoms with E-state index in [0.29, 0.717) is 12.2 Å². The third-order valence-corrected chi connectivity index (χ3v) is 3.15. The van der Waals surface area contributed by atoms with E-state index in [1.54, 1.807) is 6.07 Å². The third kappa shape index (κ3) is 4.60. The Hall–Kier alpha value is -1.99. The second-order valence-corrected chi connectivity index (χ2v) is 5.20. The first-order valence-electron chi connectivity index (χ1n) is 6.40. The lowest BCUT2D eigenvalue weighted by Crippen LogP contribution is -2.07. The van der Waals surface area contributed by atoms with Crippen LogP contribution in [-0.4, -0.2) is 13.2 Å². The minimum atomic E-state index is 0.641. The summed E-state index contributed by atoms with van der Waals surface area (Å²) in [5.74, 6) is 0.890. The van der Waals surface area contributed by atoms with Gasteiger partial charge in [-0.2, -0.15) is 5.26 Å². The van der Waals surface area contributed by atoms with Crippen LogP contribution in [0.1, 0.15) is 12.0 Å². The van der Waals surface area contributed by atoms with Gasteiger partial charge < -0.3 is 10.1 Å². The standard InChI is InChI=1S/C16H15BrN2O/c17-14-9-13(12-18)10-15(11-14)19-7-4-8-20-16-5-2-1-3-6-16/h1-3,5-6,9-11,19H,4,7-8H2. The summed E-state index contributed by atoms with van der Waals surface area (Å²) >= 11 is 3.39. The molecule has 0 spiro atoms. The van der Waals surface area contributed by atoms with Crippen LogP contribution in [0, 0.1) is 11.3 Å². The SMILES string of the molecule is N#Cc1cc(Br)cc(NCCCOc2ccccc2)c1. The molecule has 0 aliphatic rings. The average molecular weight is 331 g/mol. The van der Waals surface area contributed by atoms with Gasteiger partial charge in [0.15, 0.2) is 0 Å². The van der Waals surface area contributed by atoms with Crippen molar-refractivity contribution in [2.24, 2.45) is 0 Å². The molecule has 2 rings (SSSR count). The Morgan fingerprint density at radius 2 is 1.95 bits per heavy atom. The molecule has 0 aromatic heterocycles. The molecule has 0 aliphatic heterocycles. The largest absolute Gasteiger partial charge is 0.494 e. The monoisotopic (exact) mass is 330 g/mol. The highest BCUT2D eigenvalue weighted by Crippen LogP contribution is 2.19. The predicted molar refractivity (Wildman–Crippen MR) is 83.9 cm³/mol. The zero-order chi connectivity index (χ0) is 14.2. The van der Waals surface area contributed by atoms with Gasteiger partial charge in [0, 0.05) is 16.7 Å². The van der Waals surface area contributed by atoms with Crippen molar-refractivity contribution in [3.05, 3.63) is 58.6 Å². The highest BCUT2D eigenvalue weighted by atomic mass is 79.9. The molecule has 0 radical (unpaired) electrons. The van der Waals surface area contributed by atoms with Gasteiger partial charge in [-0.1, -0.05) is 34.1 Å². The maximum absolute atomic E-state index is 8.90. The molecule has 4 heteroatoms. The van der Waals surface area contributed by atoms with Crippen LogP contribution in [0.5, 0.6) is 5.75 Å². The second-order valence-electron chi connectivity index (χ2n) is 4.28. The summed E-state index contributed by atoms with van der Waals surface area (Å²) in [6.07, 6.45) is 0.892. The van der Waals surface area contributed by atoms with Gasteiger partial charge in [0.2, 0.25) is 0 Å². The molecule has 2 aromatic rings. The molecular weight excluding hydrogens is 316 g/mol. The van der Waals surface area contributed by atoms with Crippen LogP contribution in [0.2, 0.25) is 0 Å². The normalized spacial score (nSPS) is 9.80. The minimum Gasteiger partial charge on any atom is -0.494 e. The van der Waals surface area contributed by atoms with E-state index in [1.165, 1.54) is 0 Å². The lowest BCUT2D eigenvalue weighted by Gasteiger charge is -2.09. The molecule has 0 aliphatic carbocycles. The fourth-order valence-electron chi connectivity index (χ4n) is 1.77. The quantitative estimate of drug-likeness (QED) is 0.807. The first kappa shape index (κ1) is 14.4. The summed E-state index contributed by atoms with van der Waals surface area (Å²) in [6, 6.07) is 17.5. The second kappa shape index (κ2) is 7.56. The van der Waals surface area contributed by atoms with Gasteiger partial charge in [-0.25, -0.2) is 0 Å². The molecule has 0 unspecified atom stereocenters. The van der Waals surface area contributed by atoms with Crippen LogP contribution in [0.4, 0.5) is 5.69 Å². The number of nitrogens with zero attached hydrogens (tertiary/aromatic N) is 1. The van der Waals surface area contributed by atoms with E-state index in [4.69, 9.17) is 10.00 Å². The van der Waals surface area contributed by atoms with E-state index in [2.05, 4.69) is 27.3 Å². The zero-order valence-corrected chi connectivity index (χ0v) is 12.6. The van der Waals surface area contributed by atoms with Crippen molar-refractivity contribution < 1.29 is 4.74 Å². The van der Waals surface area contributed by atoms with E-state index in [9.17, 15) is 0 Å². The Kier molecular flexibility index (Phi) is 5.45. The molecule has 0 fully saturated rings. The van der Waals surface area contributed by atoms with Crippen molar-refractivity contribution in [3.8, 4) is 11.8 Å². The van der Waals surface area contributed by atoms with Gasteiger partial charge in [0.05, 0.1) is 18.2 Å². The van der Waals surface area contributed by atoms with Gasteiger partial charge in [-0.3, -0.25) is 0 Å². The van der Waals surface area contributed by atoms with Crippen LogP contribution in [0.3, 0.4) is 0 Å². The number of ether oxygens (including phenoxy) is 1. The number of rotatable bonds is 6. The Balaban J connectivity index is 1.74. The van der Waals surface area contributed by atoms with Crippen molar-refractivity contribution in [2.75, 3.05) is 18.5 Å². The number of halogens is 1. The van der Waals surface area contributed by atoms with Gasteiger partial charge >= 0.3 is 0 Å². The summed E-state index contributed by atoms with van der Waals surface area (Å²) in [4.78, 5) is 0. The topological polar surface area (TPSA) is 45.0 Å². The lowest BCUT2D eigenvalue weighted by molar-refractivity contribution is 0.315. The molecule has 0 amide bonds. The van der Waals surface area contributed by atoms with Crippen molar-refractivity contribution >= 4 is 21.6 Å². The van der Waals surface area contributed by atoms with Crippen LogP contribution in [-0.2, 0) is 0 Å². The number of hydrogen-bond donors (Lipinski definition) is 1. The van der Waals surface area contributed by atoms with Gasteiger partial charge in [-0.15, -0.1) is 0 Å². The van der Waals surface area contributed by atoms with Gasteiger partial charge in [-0.05, 0) is 36.8 Å². The third-order valence-electron chi connectivity index (χ3n) is 2.69. The van der Waals surface area contributed by atoms with Crippen LogP contribution in [0.25, 0.3) is 0 Å². The number of anilines is 1. The van der Waals surface area contributed by atoms with Crippen molar-refractivity contribution in [1.29, 1.82) is 5.26 Å². The number of nitrogens with one attached hydrogen (secondary N) is 1. The Morgan fingerprint density at radius 3 is 2.70 bits per heavy atom. The van der Waals surface area contributed by atoms with E-state index in [-0.39, 0.29) is 0 Å². The first-order chi connectivity index (χ1) is 9.78. The van der Waals surface area contributed by atoms with E-state index in [0.717, 1.165) is 28.9 Å². The first-order valence-corrected chi connectivity index (χ1v) is 7.19. The molecule has 20 heavy (non-hydrogen) atoms. The Morgan fingerprint density at radius 1 is 1.15 bits per heavy atom. The molecule has 0 atom stereocenters. The zero-order valence-electron chi connectivity index (χ0n) is 11.0. The van der Waals surface area contributed by atoms with Crippen LogP contribution in [0.15, 0.2) is 53.0 Å². The van der Waals surface area contributed by atoms with Gasteiger partial charge in [0.1, 0.15) is 5.75 Å². The molecule has 0 heterocycles. The average Bonchev–Trinajstić information content (AvgIpc) is 2.47. The molecule has 0 bridgehead atoms. The van der Waals surface area contributed by atoms with Crippen LogP contribution < -0.4 is 10.1 Å². The van der Waals surface area contributed by atoms with E-state index in [1.807, 2.05) is 42.5 Å². The summed E-state index contributed by atoms with van der Waals surface area (Å²) in [6.45, 7) is 1.46. The minimum absolute atomic E-state index is 0.641. The molecule has 102 valence electrons. The Bertz CT molecular complexity index is 593. The molecule has 3 nitrogen and oxygen atoms in total. The summed E-state index contributed by atoms with van der Waals surface area (Å²) in [5, 5.41) is 12.2. The highest BCUT2D eigenvalue weighted by molar-refractivity contribution is 9.10. The number of hydrogen-bond acceptors (Lipinski definition) is 3. The maximum Gasteiger partial charge on any atom is 0.119 e. The van der Waals surface area contributed by atoms with Crippen molar-refractivity contribution in [1.82, 2.24) is 0 Å². The van der Waals surface area contributed by atoms with Gasteiger partial charge in [0.25, 0.3) is 0 Å². The molecule has 0 saturated heterocycles.